The summed E-state index contributed by atoms with van der Waals surface area (Å²) >= 11 is 0. The van der Waals surface area contributed by atoms with E-state index in [9.17, 15) is 4.79 Å². The van der Waals surface area contributed by atoms with Crippen molar-refractivity contribution < 1.29 is 4.79 Å². The zero-order valence-corrected chi connectivity index (χ0v) is 8.74. The van der Waals surface area contributed by atoms with Gasteiger partial charge in [-0.15, -0.1) is 0 Å². The fraction of sp³-hybridized carbons (Fsp3) is 0.909. The molecule has 0 bridgehead atoms. The Labute approximate surface area is 85.6 Å². The Balaban J connectivity index is 1.87. The molecule has 1 heterocycles. The SMILES string of the molecule is N[C@H]1CC[C@H](C(=O)N2CCCCC2)C1. The number of piperidine rings is 1. The van der Waals surface area contributed by atoms with Gasteiger partial charge in [-0.3, -0.25) is 4.79 Å². The van der Waals surface area contributed by atoms with Crippen LogP contribution in [-0.4, -0.2) is 29.9 Å². The zero-order chi connectivity index (χ0) is 9.97. The summed E-state index contributed by atoms with van der Waals surface area (Å²) in [6, 6.07) is 0.272. The molecule has 0 unspecified atom stereocenters. The van der Waals surface area contributed by atoms with Crippen LogP contribution in [0, 0.1) is 5.92 Å². The molecule has 1 saturated heterocycles. The van der Waals surface area contributed by atoms with Crippen LogP contribution in [-0.2, 0) is 4.79 Å². The van der Waals surface area contributed by atoms with E-state index in [0.717, 1.165) is 32.4 Å². The molecule has 1 aliphatic carbocycles. The highest BCUT2D eigenvalue weighted by Crippen LogP contribution is 2.27. The largest absolute Gasteiger partial charge is 0.342 e. The zero-order valence-electron chi connectivity index (χ0n) is 8.74. The lowest BCUT2D eigenvalue weighted by molar-refractivity contribution is -0.136. The summed E-state index contributed by atoms with van der Waals surface area (Å²) in [5.74, 6) is 0.612. The number of carbonyl (C=O) groups is 1. The molecule has 3 heteroatoms. The molecule has 2 fully saturated rings. The smallest absolute Gasteiger partial charge is 0.225 e. The summed E-state index contributed by atoms with van der Waals surface area (Å²) in [4.78, 5) is 14.1. The Morgan fingerprint density at radius 3 is 2.43 bits per heavy atom. The van der Waals surface area contributed by atoms with E-state index in [-0.39, 0.29) is 12.0 Å². The van der Waals surface area contributed by atoms with Gasteiger partial charge in [0.2, 0.25) is 5.91 Å². The van der Waals surface area contributed by atoms with Gasteiger partial charge >= 0.3 is 0 Å². The summed E-state index contributed by atoms with van der Waals surface area (Å²) in [6.45, 7) is 1.95. The third-order valence-electron chi connectivity index (χ3n) is 3.49. The van der Waals surface area contributed by atoms with Crippen LogP contribution in [0.4, 0.5) is 0 Å². The molecule has 1 aliphatic heterocycles. The normalized spacial score (nSPS) is 33.4. The van der Waals surface area contributed by atoms with Crippen LogP contribution in [0.3, 0.4) is 0 Å². The molecule has 0 aromatic heterocycles. The van der Waals surface area contributed by atoms with Crippen molar-refractivity contribution >= 4 is 5.91 Å². The molecular weight excluding hydrogens is 176 g/mol. The van der Waals surface area contributed by atoms with Gasteiger partial charge < -0.3 is 10.6 Å². The summed E-state index contributed by atoms with van der Waals surface area (Å²) in [5, 5.41) is 0. The van der Waals surface area contributed by atoms with Crippen molar-refractivity contribution in [1.29, 1.82) is 0 Å². The molecule has 2 N–H and O–H groups in total. The van der Waals surface area contributed by atoms with Crippen molar-refractivity contribution in [1.82, 2.24) is 4.90 Å². The van der Waals surface area contributed by atoms with Crippen molar-refractivity contribution in [3.8, 4) is 0 Å². The second kappa shape index (κ2) is 4.30. The van der Waals surface area contributed by atoms with Crippen LogP contribution in [0.5, 0.6) is 0 Å². The lowest BCUT2D eigenvalue weighted by Gasteiger charge is -2.29. The summed E-state index contributed by atoms with van der Waals surface area (Å²) in [6.07, 6.45) is 6.61. The second-order valence-electron chi connectivity index (χ2n) is 4.66. The summed E-state index contributed by atoms with van der Waals surface area (Å²) in [7, 11) is 0. The van der Waals surface area contributed by atoms with E-state index in [0.29, 0.717) is 5.91 Å². The molecule has 80 valence electrons. The average Bonchev–Trinajstić information content (AvgIpc) is 2.65. The first-order valence-electron chi connectivity index (χ1n) is 5.82. The van der Waals surface area contributed by atoms with E-state index in [1.807, 2.05) is 4.90 Å². The van der Waals surface area contributed by atoms with E-state index in [4.69, 9.17) is 5.73 Å². The third-order valence-corrected chi connectivity index (χ3v) is 3.49. The highest BCUT2D eigenvalue weighted by molar-refractivity contribution is 5.79. The predicted octanol–water partition coefficient (Wildman–Crippen LogP) is 1.13. The van der Waals surface area contributed by atoms with Crippen LogP contribution in [0.2, 0.25) is 0 Å². The fourth-order valence-electron chi connectivity index (χ4n) is 2.61. The number of nitrogens with two attached hydrogens (primary N) is 1. The number of carbonyl (C=O) groups excluding carboxylic acids is 1. The summed E-state index contributed by atoms with van der Waals surface area (Å²) in [5.41, 5.74) is 5.82. The van der Waals surface area contributed by atoms with Crippen molar-refractivity contribution in [3.63, 3.8) is 0 Å². The molecule has 14 heavy (non-hydrogen) atoms. The minimum atomic E-state index is 0.239. The van der Waals surface area contributed by atoms with Crippen molar-refractivity contribution in [2.75, 3.05) is 13.1 Å². The van der Waals surface area contributed by atoms with Gasteiger partial charge in [0.05, 0.1) is 0 Å². The standard InChI is InChI=1S/C11H20N2O/c12-10-5-4-9(8-10)11(14)13-6-2-1-3-7-13/h9-10H,1-8,12H2/t9-,10-/m0/s1. The topological polar surface area (TPSA) is 46.3 Å². The van der Waals surface area contributed by atoms with Crippen molar-refractivity contribution in [3.05, 3.63) is 0 Å². The molecule has 0 radical (unpaired) electrons. The first kappa shape index (κ1) is 9.97. The van der Waals surface area contributed by atoms with Crippen molar-refractivity contribution in [2.45, 2.75) is 44.6 Å². The average molecular weight is 196 g/mol. The maximum Gasteiger partial charge on any atom is 0.225 e. The van der Waals surface area contributed by atoms with Gasteiger partial charge in [0.1, 0.15) is 0 Å². The van der Waals surface area contributed by atoms with Gasteiger partial charge in [0.25, 0.3) is 0 Å². The lowest BCUT2D eigenvalue weighted by atomic mass is 10.0. The summed E-state index contributed by atoms with van der Waals surface area (Å²) < 4.78 is 0. The minimum absolute atomic E-state index is 0.239. The Kier molecular flexibility index (Phi) is 3.06. The molecule has 1 saturated carbocycles. The molecule has 0 spiro atoms. The van der Waals surface area contributed by atoms with Crippen LogP contribution >= 0.6 is 0 Å². The van der Waals surface area contributed by atoms with E-state index in [2.05, 4.69) is 0 Å². The lowest BCUT2D eigenvalue weighted by Crippen LogP contribution is -2.39. The Morgan fingerprint density at radius 2 is 1.86 bits per heavy atom. The molecule has 1 amide bonds. The first-order valence-corrected chi connectivity index (χ1v) is 5.82. The quantitative estimate of drug-likeness (QED) is 0.683. The Bertz CT molecular complexity index is 205. The van der Waals surface area contributed by atoms with Crippen molar-refractivity contribution in [2.24, 2.45) is 11.7 Å². The maximum absolute atomic E-state index is 12.0. The van der Waals surface area contributed by atoms with Crippen LogP contribution < -0.4 is 5.73 Å². The van der Waals surface area contributed by atoms with Gasteiger partial charge in [-0.1, -0.05) is 0 Å². The fourth-order valence-corrected chi connectivity index (χ4v) is 2.61. The Hall–Kier alpha value is -0.570. The minimum Gasteiger partial charge on any atom is -0.342 e. The highest BCUT2D eigenvalue weighted by Gasteiger charge is 2.31. The van der Waals surface area contributed by atoms with Gasteiger partial charge in [0.15, 0.2) is 0 Å². The molecule has 2 atom stereocenters. The number of likely N-dealkylation sites (tertiary alicyclic amines) is 1. The number of nitrogens with zero attached hydrogens (tertiary/aromatic N) is 1. The Morgan fingerprint density at radius 1 is 1.14 bits per heavy atom. The predicted molar refractivity (Wildman–Crippen MR) is 55.7 cm³/mol. The van der Waals surface area contributed by atoms with E-state index in [1.54, 1.807) is 0 Å². The maximum atomic E-state index is 12.0. The van der Waals surface area contributed by atoms with Crippen LogP contribution in [0.15, 0.2) is 0 Å². The third kappa shape index (κ3) is 2.08. The molecule has 0 aromatic carbocycles. The second-order valence-corrected chi connectivity index (χ2v) is 4.66. The molecule has 2 rings (SSSR count). The molecular formula is C11H20N2O. The highest BCUT2D eigenvalue weighted by atomic mass is 16.2. The molecule has 0 aromatic rings. The van der Waals surface area contributed by atoms with Gasteiger partial charge in [-0.25, -0.2) is 0 Å². The van der Waals surface area contributed by atoms with Crippen LogP contribution in [0.25, 0.3) is 0 Å². The number of rotatable bonds is 1. The number of hydrogen-bond acceptors (Lipinski definition) is 2. The van der Waals surface area contributed by atoms with Gasteiger partial charge in [-0.2, -0.15) is 0 Å². The van der Waals surface area contributed by atoms with Crippen LogP contribution in [0.1, 0.15) is 38.5 Å². The number of hydrogen-bond donors (Lipinski definition) is 1. The first-order chi connectivity index (χ1) is 6.77. The monoisotopic (exact) mass is 196 g/mol. The van der Waals surface area contributed by atoms with Gasteiger partial charge in [-0.05, 0) is 38.5 Å². The van der Waals surface area contributed by atoms with Gasteiger partial charge in [0, 0.05) is 25.0 Å². The van der Waals surface area contributed by atoms with E-state index in [1.165, 1.54) is 19.3 Å². The molecule has 3 nitrogen and oxygen atoms in total. The molecule has 2 aliphatic rings. The number of amides is 1. The van der Waals surface area contributed by atoms with E-state index < -0.39 is 0 Å². The van der Waals surface area contributed by atoms with E-state index >= 15 is 0 Å².